The lowest BCUT2D eigenvalue weighted by Crippen LogP contribution is -2.29. The van der Waals surface area contributed by atoms with E-state index in [2.05, 4.69) is 20.2 Å². The molecule has 7 nitrogen and oxygen atoms in total. The summed E-state index contributed by atoms with van der Waals surface area (Å²) in [5, 5.41) is 16.9. The monoisotopic (exact) mass is 315 g/mol. The Bertz CT molecular complexity index is 617. The van der Waals surface area contributed by atoms with Crippen molar-refractivity contribution in [3.8, 4) is 0 Å². The van der Waals surface area contributed by atoms with Crippen LogP contribution in [0, 0.1) is 5.92 Å². The number of aromatic amines is 1. The highest BCUT2D eigenvalue weighted by molar-refractivity contribution is 5.76. The Balaban J connectivity index is 1.46. The molecule has 1 fully saturated rings. The van der Waals surface area contributed by atoms with Crippen LogP contribution in [0.2, 0.25) is 0 Å². The van der Waals surface area contributed by atoms with Crippen molar-refractivity contribution in [1.82, 2.24) is 25.1 Å². The zero-order valence-corrected chi connectivity index (χ0v) is 12.9. The zero-order chi connectivity index (χ0) is 16.1. The predicted octanol–water partition coefficient (Wildman–Crippen LogP) is 0.584. The first-order chi connectivity index (χ1) is 11.2. The molecule has 0 unspecified atom stereocenters. The Morgan fingerprint density at radius 2 is 2.26 bits per heavy atom. The maximum Gasteiger partial charge on any atom is 0.222 e. The van der Waals surface area contributed by atoms with Gasteiger partial charge in [0.1, 0.15) is 0 Å². The van der Waals surface area contributed by atoms with Crippen LogP contribution in [0.25, 0.3) is 0 Å². The van der Waals surface area contributed by atoms with Crippen LogP contribution in [0.15, 0.2) is 31.0 Å². The Morgan fingerprint density at radius 3 is 3.00 bits per heavy atom. The van der Waals surface area contributed by atoms with Gasteiger partial charge in [-0.2, -0.15) is 5.10 Å². The largest absolute Gasteiger partial charge is 0.391 e. The molecule has 0 saturated carbocycles. The van der Waals surface area contributed by atoms with Crippen LogP contribution in [0.5, 0.6) is 0 Å². The van der Waals surface area contributed by atoms with Crippen molar-refractivity contribution in [1.29, 1.82) is 0 Å². The number of hydrogen-bond acceptors (Lipinski definition) is 5. The molecule has 0 bridgehead atoms. The SMILES string of the molecule is O=C(CCCc1cn[nH]c1)N1C[C@@H](Cc2cnccn2)[C@H](O)C1. The van der Waals surface area contributed by atoms with Gasteiger partial charge in [-0.15, -0.1) is 0 Å². The topological polar surface area (TPSA) is 95.0 Å². The molecule has 0 spiro atoms. The summed E-state index contributed by atoms with van der Waals surface area (Å²) in [6.07, 6.45) is 10.9. The summed E-state index contributed by atoms with van der Waals surface area (Å²) in [6.45, 7) is 0.998. The Morgan fingerprint density at radius 1 is 1.35 bits per heavy atom. The minimum Gasteiger partial charge on any atom is -0.391 e. The third-order valence-electron chi connectivity index (χ3n) is 4.26. The maximum absolute atomic E-state index is 12.3. The normalized spacial score (nSPS) is 20.8. The van der Waals surface area contributed by atoms with Gasteiger partial charge >= 0.3 is 0 Å². The standard InChI is InChI=1S/C16H21N5O2/c22-15-11-21(10-13(15)6-14-9-17-4-5-18-14)16(23)3-1-2-12-7-19-20-8-12/h4-5,7-9,13,15,22H,1-3,6,10-11H2,(H,19,20)/t13-,15-/m1/s1. The summed E-state index contributed by atoms with van der Waals surface area (Å²) < 4.78 is 0. The summed E-state index contributed by atoms with van der Waals surface area (Å²) in [6, 6.07) is 0. The number of nitrogens with one attached hydrogen (secondary N) is 1. The second kappa shape index (κ2) is 7.32. The Kier molecular flexibility index (Phi) is 4.97. The molecule has 1 aliphatic rings. The summed E-state index contributed by atoms with van der Waals surface area (Å²) in [5.41, 5.74) is 1.96. The lowest BCUT2D eigenvalue weighted by atomic mass is 10.0. The number of β-amino-alcohol motifs (C(OH)–C–C–N with tert-alkyl or cyclic N) is 1. The number of nitrogens with zero attached hydrogens (tertiary/aromatic N) is 4. The van der Waals surface area contributed by atoms with Crippen molar-refractivity contribution in [2.75, 3.05) is 13.1 Å². The fourth-order valence-electron chi connectivity index (χ4n) is 2.98. The van der Waals surface area contributed by atoms with Gasteiger partial charge in [0.25, 0.3) is 0 Å². The molecule has 122 valence electrons. The molecule has 2 N–H and O–H groups in total. The van der Waals surface area contributed by atoms with E-state index < -0.39 is 6.10 Å². The van der Waals surface area contributed by atoms with Gasteiger partial charge < -0.3 is 10.0 Å². The number of hydrogen-bond donors (Lipinski definition) is 2. The van der Waals surface area contributed by atoms with Crippen LogP contribution in [0.3, 0.4) is 0 Å². The Labute approximate surface area is 134 Å². The third kappa shape index (κ3) is 4.13. The highest BCUT2D eigenvalue weighted by Crippen LogP contribution is 2.21. The summed E-state index contributed by atoms with van der Waals surface area (Å²) in [7, 11) is 0. The van der Waals surface area contributed by atoms with Crippen molar-refractivity contribution in [2.45, 2.75) is 31.8 Å². The van der Waals surface area contributed by atoms with Crippen LogP contribution < -0.4 is 0 Å². The van der Waals surface area contributed by atoms with E-state index in [1.807, 2.05) is 6.20 Å². The number of aromatic nitrogens is 4. The van der Waals surface area contributed by atoms with E-state index in [0.717, 1.165) is 24.1 Å². The van der Waals surface area contributed by atoms with Gasteiger partial charge in [0.15, 0.2) is 0 Å². The maximum atomic E-state index is 12.3. The molecule has 1 saturated heterocycles. The molecule has 7 heteroatoms. The van der Waals surface area contributed by atoms with Crippen LogP contribution in [-0.2, 0) is 17.6 Å². The minimum atomic E-state index is -0.491. The zero-order valence-electron chi connectivity index (χ0n) is 12.9. The third-order valence-corrected chi connectivity index (χ3v) is 4.26. The molecule has 0 radical (unpaired) electrons. The molecule has 0 aliphatic carbocycles. The van der Waals surface area contributed by atoms with Crippen molar-refractivity contribution in [3.05, 3.63) is 42.2 Å². The lowest BCUT2D eigenvalue weighted by molar-refractivity contribution is -0.130. The van der Waals surface area contributed by atoms with Gasteiger partial charge in [-0.3, -0.25) is 19.9 Å². The van der Waals surface area contributed by atoms with Crippen molar-refractivity contribution < 1.29 is 9.90 Å². The van der Waals surface area contributed by atoms with Crippen LogP contribution in [0.1, 0.15) is 24.1 Å². The second-order valence-corrected chi connectivity index (χ2v) is 5.99. The molecule has 2 atom stereocenters. The summed E-state index contributed by atoms with van der Waals surface area (Å²) in [4.78, 5) is 22.3. The first-order valence-corrected chi connectivity index (χ1v) is 7.91. The Hall–Kier alpha value is -2.28. The van der Waals surface area contributed by atoms with Gasteiger partial charge in [-0.1, -0.05) is 0 Å². The molecule has 2 aromatic heterocycles. The number of aliphatic hydroxyl groups excluding tert-OH is 1. The smallest absolute Gasteiger partial charge is 0.222 e. The summed E-state index contributed by atoms with van der Waals surface area (Å²) >= 11 is 0. The number of carbonyl (C=O) groups is 1. The number of amides is 1. The van der Waals surface area contributed by atoms with Crippen LogP contribution in [-0.4, -0.2) is 55.3 Å². The molecule has 1 amide bonds. The quantitative estimate of drug-likeness (QED) is 0.813. The minimum absolute atomic E-state index is 0.0320. The second-order valence-electron chi connectivity index (χ2n) is 5.99. The van der Waals surface area contributed by atoms with Crippen molar-refractivity contribution >= 4 is 5.91 Å². The number of aryl methyl sites for hydroxylation is 1. The molecule has 23 heavy (non-hydrogen) atoms. The molecule has 3 heterocycles. The van der Waals surface area contributed by atoms with Gasteiger partial charge in [-0.05, 0) is 24.8 Å². The predicted molar refractivity (Wildman–Crippen MR) is 83.3 cm³/mol. The molecular formula is C16H21N5O2. The van der Waals surface area contributed by atoms with E-state index in [1.54, 1.807) is 29.7 Å². The molecular weight excluding hydrogens is 294 g/mol. The van der Waals surface area contributed by atoms with E-state index in [-0.39, 0.29) is 11.8 Å². The van der Waals surface area contributed by atoms with Gasteiger partial charge in [0.05, 0.1) is 18.0 Å². The summed E-state index contributed by atoms with van der Waals surface area (Å²) in [5.74, 6) is 0.138. The van der Waals surface area contributed by atoms with Crippen molar-refractivity contribution in [2.24, 2.45) is 5.92 Å². The van der Waals surface area contributed by atoms with Gasteiger partial charge in [0.2, 0.25) is 5.91 Å². The average Bonchev–Trinajstić information content (AvgIpc) is 3.19. The average molecular weight is 315 g/mol. The van der Waals surface area contributed by atoms with E-state index >= 15 is 0 Å². The van der Waals surface area contributed by atoms with Crippen molar-refractivity contribution in [3.63, 3.8) is 0 Å². The van der Waals surface area contributed by atoms with E-state index in [4.69, 9.17) is 0 Å². The molecule has 1 aliphatic heterocycles. The first-order valence-electron chi connectivity index (χ1n) is 7.91. The fraction of sp³-hybridized carbons (Fsp3) is 0.500. The van der Waals surface area contributed by atoms with Gasteiger partial charge in [0, 0.05) is 50.2 Å². The highest BCUT2D eigenvalue weighted by Gasteiger charge is 2.33. The number of likely N-dealkylation sites (tertiary alicyclic amines) is 1. The lowest BCUT2D eigenvalue weighted by Gasteiger charge is -2.16. The van der Waals surface area contributed by atoms with E-state index in [9.17, 15) is 9.90 Å². The highest BCUT2D eigenvalue weighted by atomic mass is 16.3. The van der Waals surface area contributed by atoms with Gasteiger partial charge in [-0.25, -0.2) is 0 Å². The van der Waals surface area contributed by atoms with E-state index in [1.165, 1.54) is 0 Å². The number of carbonyl (C=O) groups excluding carboxylic acids is 1. The van der Waals surface area contributed by atoms with E-state index in [0.29, 0.717) is 25.9 Å². The molecule has 3 rings (SSSR count). The number of H-pyrrole nitrogens is 1. The number of rotatable bonds is 6. The first kappa shape index (κ1) is 15.6. The van der Waals surface area contributed by atoms with Crippen LogP contribution >= 0.6 is 0 Å². The molecule has 0 aromatic carbocycles. The fourth-order valence-corrected chi connectivity index (χ4v) is 2.98. The van der Waals surface area contributed by atoms with Crippen LogP contribution in [0.4, 0.5) is 0 Å². The molecule has 2 aromatic rings. The number of aliphatic hydroxyl groups is 1.